The Labute approximate surface area is 109 Å². The number of rotatable bonds is 3. The summed E-state index contributed by atoms with van der Waals surface area (Å²) in [6, 6.07) is 4.50. The zero-order valence-corrected chi connectivity index (χ0v) is 12.0. The van der Waals surface area contributed by atoms with Crippen LogP contribution in [0, 0.1) is 5.82 Å². The zero-order chi connectivity index (χ0) is 13.1. The molecule has 0 aliphatic rings. The van der Waals surface area contributed by atoms with Gasteiger partial charge in [-0.25, -0.2) is 4.39 Å². The van der Waals surface area contributed by atoms with Crippen LogP contribution in [0.2, 0.25) is 0 Å². The molecule has 0 saturated carbocycles. The Morgan fingerprint density at radius 1 is 1.41 bits per heavy atom. The molecule has 2 nitrogen and oxygen atoms in total. The van der Waals surface area contributed by atoms with Crippen LogP contribution in [0.15, 0.2) is 27.5 Å². The fourth-order valence-electron chi connectivity index (χ4n) is 1.07. The van der Waals surface area contributed by atoms with Crippen molar-refractivity contribution < 1.29 is 8.94 Å². The zero-order valence-electron chi connectivity index (χ0n) is 10.4. The smallest absolute Gasteiger partial charge is 0.144 e. The van der Waals surface area contributed by atoms with Gasteiger partial charge in [0.2, 0.25) is 0 Å². The summed E-state index contributed by atoms with van der Waals surface area (Å²) in [4.78, 5) is 0.918. The lowest BCUT2D eigenvalue weighted by Crippen LogP contribution is -2.25. The average Bonchev–Trinajstić information content (AvgIpc) is 2.24. The largest absolute Gasteiger partial charge is 0.591 e. The van der Waals surface area contributed by atoms with E-state index in [9.17, 15) is 8.94 Å². The van der Waals surface area contributed by atoms with Gasteiger partial charge < -0.3 is 4.55 Å². The van der Waals surface area contributed by atoms with Gasteiger partial charge >= 0.3 is 0 Å². The quantitative estimate of drug-likeness (QED) is 0.480. The minimum Gasteiger partial charge on any atom is -0.591 e. The van der Waals surface area contributed by atoms with Crippen molar-refractivity contribution in [1.82, 2.24) is 0 Å². The third-order valence-electron chi connectivity index (χ3n) is 2.00. The van der Waals surface area contributed by atoms with Gasteiger partial charge in [-0.1, -0.05) is 4.40 Å². The van der Waals surface area contributed by atoms with Crippen molar-refractivity contribution in [1.29, 1.82) is 0 Å². The number of hydrogen-bond acceptors (Lipinski definition) is 3. The number of benzene rings is 1. The summed E-state index contributed by atoms with van der Waals surface area (Å²) >= 11 is 0.189. The molecular weight excluding hydrogens is 257 g/mol. The second kappa shape index (κ2) is 5.89. The first kappa shape index (κ1) is 14.5. The Hall–Kier alpha value is -0.520. The highest BCUT2D eigenvalue weighted by Crippen LogP contribution is 2.21. The van der Waals surface area contributed by atoms with E-state index in [4.69, 9.17) is 0 Å². The molecule has 1 rings (SSSR count). The predicted octanol–water partition coefficient (Wildman–Crippen LogP) is 3.43. The number of thioether (sulfide) groups is 1. The van der Waals surface area contributed by atoms with Crippen molar-refractivity contribution in [3.63, 3.8) is 0 Å². The lowest BCUT2D eigenvalue weighted by Gasteiger charge is -2.17. The molecule has 0 radical (unpaired) electrons. The Morgan fingerprint density at radius 3 is 2.59 bits per heavy atom. The SMILES string of the molecule is CSc1ccc(F)cc1C=N[S+]([O-])C(C)(C)C. The lowest BCUT2D eigenvalue weighted by atomic mass is 10.2. The molecule has 5 heteroatoms. The van der Waals surface area contributed by atoms with Crippen LogP contribution in [0.25, 0.3) is 0 Å². The van der Waals surface area contributed by atoms with Crippen LogP contribution in [0.5, 0.6) is 0 Å². The van der Waals surface area contributed by atoms with Gasteiger partial charge in [-0.3, -0.25) is 0 Å². The molecule has 0 N–H and O–H groups in total. The molecule has 0 fully saturated rings. The molecule has 0 bridgehead atoms. The lowest BCUT2D eigenvalue weighted by molar-refractivity contribution is 0.561. The van der Waals surface area contributed by atoms with Gasteiger partial charge in [-0.2, -0.15) is 0 Å². The molecule has 0 amide bonds. The monoisotopic (exact) mass is 273 g/mol. The molecule has 1 unspecified atom stereocenters. The fraction of sp³-hybridized carbons (Fsp3) is 0.417. The molecule has 17 heavy (non-hydrogen) atoms. The van der Waals surface area contributed by atoms with Crippen LogP contribution in [0.1, 0.15) is 26.3 Å². The Balaban J connectivity index is 2.94. The van der Waals surface area contributed by atoms with E-state index in [-0.39, 0.29) is 5.82 Å². The van der Waals surface area contributed by atoms with Gasteiger partial charge in [0.15, 0.2) is 0 Å². The maximum atomic E-state index is 13.1. The third kappa shape index (κ3) is 4.33. The second-order valence-corrected chi connectivity index (χ2v) is 7.26. The van der Waals surface area contributed by atoms with E-state index >= 15 is 0 Å². The molecule has 0 aromatic heterocycles. The van der Waals surface area contributed by atoms with Crippen molar-refractivity contribution in [2.24, 2.45) is 4.40 Å². The molecular formula is C12H16FNOS2. The van der Waals surface area contributed by atoms with Crippen LogP contribution >= 0.6 is 11.8 Å². The van der Waals surface area contributed by atoms with E-state index in [0.717, 1.165) is 4.90 Å². The number of nitrogens with zero attached hydrogens (tertiary/aromatic N) is 1. The molecule has 1 aromatic carbocycles. The maximum absolute atomic E-state index is 13.1. The molecule has 1 aromatic rings. The van der Waals surface area contributed by atoms with E-state index in [0.29, 0.717) is 5.56 Å². The Morgan fingerprint density at radius 2 is 2.06 bits per heavy atom. The first-order chi connectivity index (χ1) is 7.84. The molecule has 0 saturated heterocycles. The summed E-state index contributed by atoms with van der Waals surface area (Å²) < 4.78 is 28.4. The molecule has 0 heterocycles. The van der Waals surface area contributed by atoms with Gasteiger partial charge in [0.25, 0.3) is 0 Å². The van der Waals surface area contributed by atoms with E-state index in [1.54, 1.807) is 6.07 Å². The second-order valence-electron chi connectivity index (χ2n) is 4.48. The third-order valence-corrected chi connectivity index (χ3v) is 4.16. The first-order valence-electron chi connectivity index (χ1n) is 5.14. The highest BCUT2D eigenvalue weighted by molar-refractivity contribution is 7.98. The highest BCUT2D eigenvalue weighted by atomic mass is 32.2. The minimum atomic E-state index is -1.32. The Kier molecular flexibility index (Phi) is 5.04. The van der Waals surface area contributed by atoms with Gasteiger partial charge in [-0.05, 0) is 45.2 Å². The van der Waals surface area contributed by atoms with Crippen molar-refractivity contribution in [2.45, 2.75) is 30.4 Å². The van der Waals surface area contributed by atoms with Crippen molar-refractivity contribution in [2.75, 3.05) is 6.26 Å². The average molecular weight is 273 g/mol. The normalized spacial score (nSPS) is 14.2. The van der Waals surface area contributed by atoms with Gasteiger partial charge in [-0.15, -0.1) is 11.8 Å². The summed E-state index contributed by atoms with van der Waals surface area (Å²) in [5, 5.41) is 0. The summed E-state index contributed by atoms with van der Waals surface area (Å²) in [5.74, 6) is -0.314. The standard InChI is InChI=1S/C12H16FNOS2/c1-12(2,3)17(15)14-8-9-7-10(13)5-6-11(9)16-4/h5-8H,1-4H3. The van der Waals surface area contributed by atoms with E-state index in [2.05, 4.69) is 4.40 Å². The number of halogens is 1. The maximum Gasteiger partial charge on any atom is 0.144 e. The van der Waals surface area contributed by atoms with E-state index in [1.807, 2.05) is 27.0 Å². The van der Waals surface area contributed by atoms with Crippen LogP contribution in [0.4, 0.5) is 4.39 Å². The molecule has 0 spiro atoms. The van der Waals surface area contributed by atoms with Gasteiger partial charge in [0.05, 0.1) is 6.21 Å². The van der Waals surface area contributed by atoms with Crippen molar-refractivity contribution >= 4 is 29.3 Å². The van der Waals surface area contributed by atoms with Crippen molar-refractivity contribution in [3.8, 4) is 0 Å². The molecule has 94 valence electrons. The van der Waals surface area contributed by atoms with Crippen LogP contribution < -0.4 is 0 Å². The van der Waals surface area contributed by atoms with Gasteiger partial charge in [0, 0.05) is 10.5 Å². The summed E-state index contributed by atoms with van der Waals surface area (Å²) in [5.41, 5.74) is 0.662. The predicted molar refractivity (Wildman–Crippen MR) is 73.7 cm³/mol. The highest BCUT2D eigenvalue weighted by Gasteiger charge is 2.25. The van der Waals surface area contributed by atoms with Crippen molar-refractivity contribution in [3.05, 3.63) is 29.6 Å². The molecule has 1 atom stereocenters. The summed E-state index contributed by atoms with van der Waals surface area (Å²) in [6.45, 7) is 5.55. The molecule has 0 aliphatic heterocycles. The number of hydrogen-bond donors (Lipinski definition) is 0. The van der Waals surface area contributed by atoms with E-state index in [1.165, 1.54) is 30.1 Å². The van der Waals surface area contributed by atoms with Gasteiger partial charge in [0.1, 0.15) is 21.9 Å². The summed E-state index contributed by atoms with van der Waals surface area (Å²) in [6.07, 6.45) is 3.39. The Bertz CT molecular complexity index is 415. The minimum absolute atomic E-state index is 0.314. The fourth-order valence-corrected chi connectivity index (χ4v) is 2.15. The van der Waals surface area contributed by atoms with E-state index < -0.39 is 16.1 Å². The summed E-state index contributed by atoms with van der Waals surface area (Å²) in [7, 11) is 0. The van der Waals surface area contributed by atoms with Crippen LogP contribution in [-0.4, -0.2) is 21.8 Å². The van der Waals surface area contributed by atoms with Crippen LogP contribution in [0.3, 0.4) is 0 Å². The first-order valence-corrected chi connectivity index (χ1v) is 7.47. The molecule has 0 aliphatic carbocycles. The topological polar surface area (TPSA) is 35.4 Å². The van der Waals surface area contributed by atoms with Crippen LogP contribution in [-0.2, 0) is 11.4 Å².